The van der Waals surface area contributed by atoms with E-state index >= 15 is 0 Å². The van der Waals surface area contributed by atoms with Crippen molar-refractivity contribution in [1.29, 1.82) is 0 Å². The molecular formula is C10H18O3. The van der Waals surface area contributed by atoms with Crippen molar-refractivity contribution in [2.75, 3.05) is 6.61 Å². The molecule has 1 aliphatic heterocycles. The minimum atomic E-state index is -0.686. The summed E-state index contributed by atoms with van der Waals surface area (Å²) in [6.07, 6.45) is 2.37. The van der Waals surface area contributed by atoms with Gasteiger partial charge in [0.05, 0.1) is 6.10 Å². The molecule has 0 unspecified atom stereocenters. The summed E-state index contributed by atoms with van der Waals surface area (Å²) < 4.78 is 5.56. The Hall–Kier alpha value is -0.570. The van der Waals surface area contributed by atoms with Gasteiger partial charge in [-0.25, -0.2) is 0 Å². The Kier molecular flexibility index (Phi) is 3.72. The highest BCUT2D eigenvalue weighted by molar-refractivity contribution is 5.67. The van der Waals surface area contributed by atoms with Crippen LogP contribution in [0.3, 0.4) is 0 Å². The molecule has 1 saturated heterocycles. The minimum Gasteiger partial charge on any atom is -0.481 e. The minimum absolute atomic E-state index is 0.262. The molecule has 1 heterocycles. The first-order chi connectivity index (χ1) is 6.09. The van der Waals surface area contributed by atoms with Crippen LogP contribution in [-0.4, -0.2) is 23.8 Å². The highest BCUT2D eigenvalue weighted by Gasteiger charge is 2.26. The molecule has 3 heteroatoms. The van der Waals surface area contributed by atoms with E-state index in [1.165, 1.54) is 0 Å². The lowest BCUT2D eigenvalue weighted by Crippen LogP contribution is -2.30. The molecule has 1 fully saturated rings. The van der Waals surface area contributed by atoms with Gasteiger partial charge in [0.2, 0.25) is 0 Å². The maximum atomic E-state index is 10.5. The third-order valence-electron chi connectivity index (χ3n) is 2.63. The van der Waals surface area contributed by atoms with E-state index in [1.54, 1.807) is 0 Å². The van der Waals surface area contributed by atoms with Gasteiger partial charge in [-0.15, -0.1) is 0 Å². The summed E-state index contributed by atoms with van der Waals surface area (Å²) in [7, 11) is 0. The van der Waals surface area contributed by atoms with Gasteiger partial charge in [-0.3, -0.25) is 4.79 Å². The summed E-state index contributed by atoms with van der Waals surface area (Å²) in [4.78, 5) is 10.5. The van der Waals surface area contributed by atoms with Crippen LogP contribution in [-0.2, 0) is 9.53 Å². The highest BCUT2D eigenvalue weighted by atomic mass is 16.5. The summed E-state index contributed by atoms with van der Waals surface area (Å²) in [5, 5.41) is 8.65. The SMILES string of the molecule is CC(C)[C@H]1C[C@@H](CC(=O)O)CCO1. The van der Waals surface area contributed by atoms with Crippen LogP contribution in [0.1, 0.15) is 33.1 Å². The molecule has 1 N–H and O–H groups in total. The second kappa shape index (κ2) is 4.61. The molecule has 0 spiro atoms. The largest absolute Gasteiger partial charge is 0.481 e. The third kappa shape index (κ3) is 3.35. The van der Waals surface area contributed by atoms with Crippen LogP contribution < -0.4 is 0 Å². The molecule has 0 aromatic rings. The summed E-state index contributed by atoms with van der Waals surface area (Å²) in [6, 6.07) is 0. The van der Waals surface area contributed by atoms with E-state index in [0.717, 1.165) is 19.4 Å². The lowest BCUT2D eigenvalue weighted by atomic mass is 9.88. The Balaban J connectivity index is 2.37. The van der Waals surface area contributed by atoms with Crippen LogP contribution >= 0.6 is 0 Å². The number of carboxylic acid groups (broad SMARTS) is 1. The van der Waals surface area contributed by atoms with Crippen molar-refractivity contribution in [1.82, 2.24) is 0 Å². The highest BCUT2D eigenvalue weighted by Crippen LogP contribution is 2.26. The maximum absolute atomic E-state index is 10.5. The zero-order valence-corrected chi connectivity index (χ0v) is 8.32. The molecule has 0 aromatic carbocycles. The second-order valence-electron chi connectivity index (χ2n) is 4.14. The molecular weight excluding hydrogens is 168 g/mol. The van der Waals surface area contributed by atoms with E-state index in [-0.39, 0.29) is 6.10 Å². The number of carboxylic acids is 1. The van der Waals surface area contributed by atoms with Gasteiger partial charge in [-0.1, -0.05) is 13.8 Å². The predicted molar refractivity (Wildman–Crippen MR) is 49.6 cm³/mol. The van der Waals surface area contributed by atoms with Crippen molar-refractivity contribution in [2.45, 2.75) is 39.2 Å². The first kappa shape index (κ1) is 10.5. The Morgan fingerprint density at radius 1 is 1.62 bits per heavy atom. The molecule has 3 nitrogen and oxygen atoms in total. The van der Waals surface area contributed by atoms with E-state index < -0.39 is 5.97 Å². The zero-order chi connectivity index (χ0) is 9.84. The summed E-state index contributed by atoms with van der Waals surface area (Å²) in [5.41, 5.74) is 0. The van der Waals surface area contributed by atoms with Gasteiger partial charge in [-0.05, 0) is 24.7 Å². The Morgan fingerprint density at radius 2 is 2.31 bits per heavy atom. The number of aliphatic carboxylic acids is 1. The van der Waals surface area contributed by atoms with Crippen molar-refractivity contribution < 1.29 is 14.6 Å². The molecule has 0 amide bonds. The van der Waals surface area contributed by atoms with Gasteiger partial charge >= 0.3 is 5.97 Å². The normalized spacial score (nSPS) is 29.2. The molecule has 0 saturated carbocycles. The first-order valence-electron chi connectivity index (χ1n) is 4.93. The predicted octanol–water partition coefficient (Wildman–Crippen LogP) is 1.91. The standard InChI is InChI=1S/C10H18O3/c1-7(2)9-5-8(3-4-13-9)6-10(11)12/h7-9H,3-6H2,1-2H3,(H,11,12)/t8-,9+/m0/s1. The quantitative estimate of drug-likeness (QED) is 0.732. The van der Waals surface area contributed by atoms with Crippen molar-refractivity contribution in [2.24, 2.45) is 11.8 Å². The summed E-state index contributed by atoms with van der Waals surface area (Å²) >= 11 is 0. The van der Waals surface area contributed by atoms with Crippen LogP contribution in [0, 0.1) is 11.8 Å². The smallest absolute Gasteiger partial charge is 0.303 e. The lowest BCUT2D eigenvalue weighted by molar-refractivity contribution is -0.139. The van der Waals surface area contributed by atoms with Gasteiger partial charge in [0, 0.05) is 13.0 Å². The topological polar surface area (TPSA) is 46.5 Å². The van der Waals surface area contributed by atoms with Gasteiger partial charge in [0.25, 0.3) is 0 Å². The van der Waals surface area contributed by atoms with Crippen LogP contribution in [0.5, 0.6) is 0 Å². The van der Waals surface area contributed by atoms with E-state index in [9.17, 15) is 4.79 Å². The number of rotatable bonds is 3. The van der Waals surface area contributed by atoms with E-state index in [4.69, 9.17) is 9.84 Å². The van der Waals surface area contributed by atoms with Gasteiger partial charge in [-0.2, -0.15) is 0 Å². The molecule has 13 heavy (non-hydrogen) atoms. The second-order valence-corrected chi connectivity index (χ2v) is 4.14. The van der Waals surface area contributed by atoms with Crippen molar-refractivity contribution in [3.05, 3.63) is 0 Å². The molecule has 0 aromatic heterocycles. The average molecular weight is 186 g/mol. The van der Waals surface area contributed by atoms with Crippen molar-refractivity contribution in [3.8, 4) is 0 Å². The fraction of sp³-hybridized carbons (Fsp3) is 0.900. The Bertz CT molecular complexity index is 177. The van der Waals surface area contributed by atoms with Gasteiger partial charge in [0.1, 0.15) is 0 Å². The molecule has 1 aliphatic rings. The van der Waals surface area contributed by atoms with Crippen molar-refractivity contribution in [3.63, 3.8) is 0 Å². The van der Waals surface area contributed by atoms with Crippen LogP contribution in [0.2, 0.25) is 0 Å². The number of ether oxygens (including phenoxy) is 1. The van der Waals surface area contributed by atoms with Crippen LogP contribution in [0.25, 0.3) is 0 Å². The zero-order valence-electron chi connectivity index (χ0n) is 8.32. The number of hydrogen-bond donors (Lipinski definition) is 1. The van der Waals surface area contributed by atoms with Gasteiger partial charge < -0.3 is 9.84 Å². The molecule has 0 radical (unpaired) electrons. The molecule has 0 bridgehead atoms. The monoisotopic (exact) mass is 186 g/mol. The van der Waals surface area contributed by atoms with Crippen LogP contribution in [0.4, 0.5) is 0 Å². The Labute approximate surface area is 79.1 Å². The first-order valence-corrected chi connectivity index (χ1v) is 4.93. The van der Waals surface area contributed by atoms with Gasteiger partial charge in [0.15, 0.2) is 0 Å². The molecule has 2 atom stereocenters. The molecule has 1 rings (SSSR count). The van der Waals surface area contributed by atoms with Crippen LogP contribution in [0.15, 0.2) is 0 Å². The fourth-order valence-corrected chi connectivity index (χ4v) is 1.80. The fourth-order valence-electron chi connectivity index (χ4n) is 1.80. The maximum Gasteiger partial charge on any atom is 0.303 e. The van der Waals surface area contributed by atoms with E-state index in [0.29, 0.717) is 18.3 Å². The Morgan fingerprint density at radius 3 is 2.85 bits per heavy atom. The third-order valence-corrected chi connectivity index (χ3v) is 2.63. The average Bonchev–Trinajstić information content (AvgIpc) is 2.03. The lowest BCUT2D eigenvalue weighted by Gasteiger charge is -2.31. The molecule has 0 aliphatic carbocycles. The number of carbonyl (C=O) groups is 1. The summed E-state index contributed by atoms with van der Waals surface area (Å²) in [6.45, 7) is 4.96. The van der Waals surface area contributed by atoms with Crippen molar-refractivity contribution >= 4 is 5.97 Å². The summed E-state index contributed by atoms with van der Waals surface area (Å²) in [5.74, 6) is 0.129. The number of hydrogen-bond acceptors (Lipinski definition) is 2. The van der Waals surface area contributed by atoms with E-state index in [1.807, 2.05) is 0 Å². The molecule has 76 valence electrons. The van der Waals surface area contributed by atoms with E-state index in [2.05, 4.69) is 13.8 Å².